The van der Waals surface area contributed by atoms with Crippen molar-refractivity contribution in [2.45, 2.75) is 6.42 Å². The lowest BCUT2D eigenvalue weighted by molar-refractivity contribution is -0.109. The highest BCUT2D eigenvalue weighted by Crippen LogP contribution is 2.27. The lowest BCUT2D eigenvalue weighted by Crippen LogP contribution is -2.26. The second-order valence-electron chi connectivity index (χ2n) is 5.96. The molecule has 3 nitrogen and oxygen atoms in total. The maximum Gasteiger partial charge on any atom is 0.190 e. The molecule has 23 heavy (non-hydrogen) atoms. The molecule has 0 bridgehead atoms. The molecule has 1 aromatic carbocycles. The number of carbonyl (C=O) groups is 1. The van der Waals surface area contributed by atoms with Gasteiger partial charge in [0.2, 0.25) is 0 Å². The van der Waals surface area contributed by atoms with E-state index in [-0.39, 0.29) is 21.9 Å². The molecule has 0 atom stereocenters. The van der Waals surface area contributed by atoms with E-state index in [1.165, 1.54) is 12.1 Å². The second kappa shape index (κ2) is 4.02. The predicted octanol–water partition coefficient (Wildman–Crippen LogP) is 1.61. The third kappa shape index (κ3) is 1.41. The average Bonchev–Trinajstić information content (AvgIpc) is 2.56. The summed E-state index contributed by atoms with van der Waals surface area (Å²) in [6.07, 6.45) is 7.95. The second-order valence-corrected chi connectivity index (χ2v) is 5.96. The van der Waals surface area contributed by atoms with Gasteiger partial charge in [-0.1, -0.05) is 12.2 Å². The minimum atomic E-state index is -0.250. The maximum atomic E-state index is 12.2. The third-order valence-electron chi connectivity index (χ3n) is 4.81. The summed E-state index contributed by atoms with van der Waals surface area (Å²) in [7, 11) is 0. The highest BCUT2D eigenvalue weighted by atomic mass is 16.1. The Bertz CT molecular complexity index is 1260. The quantitative estimate of drug-likeness (QED) is 0.633. The van der Waals surface area contributed by atoms with Gasteiger partial charge in [-0.2, -0.15) is 0 Å². The molecular weight excluding hydrogens is 288 g/mol. The van der Waals surface area contributed by atoms with E-state index in [4.69, 9.17) is 0 Å². The highest BCUT2D eigenvalue weighted by Gasteiger charge is 2.21. The maximum absolute atomic E-state index is 12.2. The highest BCUT2D eigenvalue weighted by molar-refractivity contribution is 6.25. The summed E-state index contributed by atoms with van der Waals surface area (Å²) in [5.41, 5.74) is 2.15. The SMILES string of the molecule is O=C1C=Cc2c3c(c4ccc(=O)c5c(=O)ccc2c4=5)C=CCC=31. The standard InChI is InChI=1S/C20H10O3/c21-15-7-4-11-13-6-9-17(23)20-16(22)8-5-12(19(13)20)10-2-1-3-14(15)18(10)11/h1-2,4-9H,3H2. The van der Waals surface area contributed by atoms with Crippen molar-refractivity contribution in [2.24, 2.45) is 0 Å². The van der Waals surface area contributed by atoms with Crippen LogP contribution in [0.5, 0.6) is 0 Å². The van der Waals surface area contributed by atoms with Crippen molar-refractivity contribution in [3.8, 4) is 0 Å². The van der Waals surface area contributed by atoms with E-state index in [2.05, 4.69) is 0 Å². The fraction of sp³-hybridized carbons (Fsp3) is 0.0500. The number of hydrogen-bond donors (Lipinski definition) is 0. The van der Waals surface area contributed by atoms with Crippen LogP contribution in [0.1, 0.15) is 17.5 Å². The molecule has 108 valence electrons. The molecule has 4 aliphatic carbocycles. The molecule has 5 rings (SSSR count). The van der Waals surface area contributed by atoms with Gasteiger partial charge in [0.15, 0.2) is 16.6 Å². The number of carbonyl (C=O) groups excluding carboxylic acids is 1. The molecule has 0 radical (unpaired) electrons. The fourth-order valence-electron chi connectivity index (χ4n) is 3.85. The molecule has 0 heterocycles. The smallest absolute Gasteiger partial charge is 0.190 e. The van der Waals surface area contributed by atoms with Crippen LogP contribution >= 0.6 is 0 Å². The van der Waals surface area contributed by atoms with E-state index >= 15 is 0 Å². The van der Waals surface area contributed by atoms with Crippen molar-refractivity contribution in [2.75, 3.05) is 0 Å². The first-order valence-corrected chi connectivity index (χ1v) is 7.48. The monoisotopic (exact) mass is 298 g/mol. The van der Waals surface area contributed by atoms with Crippen molar-refractivity contribution in [1.82, 2.24) is 0 Å². The van der Waals surface area contributed by atoms with Crippen LogP contribution < -0.4 is 16.1 Å². The summed E-state index contributed by atoms with van der Waals surface area (Å²) in [5.74, 6) is 0.0335. The van der Waals surface area contributed by atoms with Gasteiger partial charge in [0.05, 0.1) is 5.22 Å². The van der Waals surface area contributed by atoms with Crippen molar-refractivity contribution in [3.05, 3.63) is 83.6 Å². The van der Waals surface area contributed by atoms with Crippen molar-refractivity contribution in [1.29, 1.82) is 0 Å². The van der Waals surface area contributed by atoms with Gasteiger partial charge in [-0.05, 0) is 70.0 Å². The summed E-state index contributed by atoms with van der Waals surface area (Å²) in [5, 5.41) is 3.63. The van der Waals surface area contributed by atoms with Crippen LogP contribution in [0.4, 0.5) is 0 Å². The zero-order valence-electron chi connectivity index (χ0n) is 12.1. The molecule has 0 saturated carbocycles. The number of ketones is 1. The summed E-state index contributed by atoms with van der Waals surface area (Å²) >= 11 is 0. The summed E-state index contributed by atoms with van der Waals surface area (Å²) in [4.78, 5) is 36.6. The van der Waals surface area contributed by atoms with Gasteiger partial charge < -0.3 is 0 Å². The minimum Gasteiger partial charge on any atom is -0.290 e. The molecule has 3 heteroatoms. The van der Waals surface area contributed by atoms with Crippen LogP contribution in [0.2, 0.25) is 0 Å². The van der Waals surface area contributed by atoms with E-state index in [0.29, 0.717) is 11.6 Å². The lowest BCUT2D eigenvalue weighted by Gasteiger charge is -2.19. The van der Waals surface area contributed by atoms with Crippen LogP contribution in [0.25, 0.3) is 28.5 Å². The van der Waals surface area contributed by atoms with Gasteiger partial charge in [0.1, 0.15) is 0 Å². The van der Waals surface area contributed by atoms with Crippen LogP contribution in [0.15, 0.2) is 46.0 Å². The molecule has 4 aliphatic rings. The molecule has 0 spiro atoms. The first-order valence-electron chi connectivity index (χ1n) is 7.48. The molecule has 0 amide bonds. The molecule has 0 saturated heterocycles. The van der Waals surface area contributed by atoms with E-state index < -0.39 is 0 Å². The lowest BCUT2D eigenvalue weighted by atomic mass is 9.84. The van der Waals surface area contributed by atoms with Crippen LogP contribution in [0, 0.1) is 10.4 Å². The predicted molar refractivity (Wildman–Crippen MR) is 89.3 cm³/mol. The van der Waals surface area contributed by atoms with E-state index in [9.17, 15) is 14.4 Å². The van der Waals surface area contributed by atoms with E-state index in [1.807, 2.05) is 12.2 Å². The van der Waals surface area contributed by atoms with Crippen molar-refractivity contribution < 1.29 is 4.79 Å². The van der Waals surface area contributed by atoms with Crippen molar-refractivity contribution in [3.63, 3.8) is 0 Å². The Labute approximate surface area is 129 Å². The molecule has 0 N–H and O–H groups in total. The first-order chi connectivity index (χ1) is 11.2. The number of allylic oxidation sites excluding steroid dienone is 2. The summed E-state index contributed by atoms with van der Waals surface area (Å²) < 4.78 is 0. The Morgan fingerprint density at radius 2 is 1.30 bits per heavy atom. The Kier molecular flexibility index (Phi) is 2.18. The number of benzene rings is 1. The number of fused-ring (bicyclic) bond motifs is 2. The van der Waals surface area contributed by atoms with Crippen molar-refractivity contribution >= 4 is 34.3 Å². The summed E-state index contributed by atoms with van der Waals surface area (Å²) in [6.45, 7) is 0. The Balaban J connectivity index is 2.31. The molecule has 0 aliphatic heterocycles. The zero-order chi connectivity index (χ0) is 15.7. The van der Waals surface area contributed by atoms with Gasteiger partial charge in [-0.15, -0.1) is 0 Å². The molecular formula is C20H10O3. The van der Waals surface area contributed by atoms with Crippen LogP contribution in [0.3, 0.4) is 0 Å². The fourth-order valence-corrected chi connectivity index (χ4v) is 3.85. The van der Waals surface area contributed by atoms with Gasteiger partial charge in [-0.25, -0.2) is 0 Å². The minimum absolute atomic E-state index is 0.0335. The Morgan fingerprint density at radius 3 is 2.00 bits per heavy atom. The largest absolute Gasteiger partial charge is 0.290 e. The first kappa shape index (κ1) is 12.5. The van der Waals surface area contributed by atoms with E-state index in [1.54, 1.807) is 24.3 Å². The van der Waals surface area contributed by atoms with Gasteiger partial charge in [0, 0.05) is 10.8 Å². The Hall–Kier alpha value is -3.07. The average molecular weight is 298 g/mol. The topological polar surface area (TPSA) is 51.2 Å². The Morgan fingerprint density at radius 1 is 0.652 bits per heavy atom. The van der Waals surface area contributed by atoms with Gasteiger partial charge >= 0.3 is 0 Å². The normalized spacial score (nSPS) is 15.7. The molecule has 1 aromatic rings. The van der Waals surface area contributed by atoms with Gasteiger partial charge in [0.25, 0.3) is 0 Å². The van der Waals surface area contributed by atoms with Crippen LogP contribution in [-0.4, -0.2) is 5.78 Å². The number of rotatable bonds is 0. The molecule has 0 fully saturated rings. The number of hydrogen-bond acceptors (Lipinski definition) is 3. The van der Waals surface area contributed by atoms with Gasteiger partial charge in [-0.3, -0.25) is 14.4 Å². The third-order valence-corrected chi connectivity index (χ3v) is 4.81. The molecule has 0 aromatic heterocycles. The van der Waals surface area contributed by atoms with E-state index in [0.717, 1.165) is 32.7 Å². The summed E-state index contributed by atoms with van der Waals surface area (Å²) in [6, 6.07) is 6.43. The molecule has 0 unspecified atom stereocenters. The van der Waals surface area contributed by atoms with Crippen LogP contribution in [-0.2, 0) is 4.79 Å². The zero-order valence-corrected chi connectivity index (χ0v) is 12.1.